The van der Waals surface area contributed by atoms with Crippen LogP contribution in [-0.2, 0) is 6.54 Å². The molecule has 0 saturated carbocycles. The summed E-state index contributed by atoms with van der Waals surface area (Å²) in [6.07, 6.45) is 5.55. The second-order valence-corrected chi connectivity index (χ2v) is 6.71. The predicted octanol–water partition coefficient (Wildman–Crippen LogP) is 3.49. The Hall–Kier alpha value is -3.24. The number of fused-ring (bicyclic) bond motifs is 1. The number of para-hydroxylation sites is 1. The topological polar surface area (TPSA) is 62.1 Å². The molecule has 1 aromatic heterocycles. The maximum Gasteiger partial charge on any atom is 0.279 e. The van der Waals surface area contributed by atoms with Crippen LogP contribution < -0.4 is 19.0 Å². The summed E-state index contributed by atoms with van der Waals surface area (Å²) < 4.78 is 19.0. The average Bonchev–Trinajstić information content (AvgIpc) is 3.06. The Labute approximate surface area is 167 Å². The zero-order valence-corrected chi connectivity index (χ0v) is 16.7. The Morgan fingerprint density at radius 3 is 2.64 bits per heavy atom. The Kier molecular flexibility index (Phi) is 6.02. The standard InChI is InChI=1S/C21H20N2O4S/c1-5-12-23-19-16(27-6-2)8-7-9-18(19)28-21(23)22-20(24)14-10-11-15(25-3)17(13-14)26-4/h1,7-11,13H,6,12H2,2-4H3. The Morgan fingerprint density at radius 2 is 1.96 bits per heavy atom. The van der Waals surface area contributed by atoms with Crippen molar-refractivity contribution in [3.8, 4) is 29.6 Å². The molecule has 0 atom stereocenters. The van der Waals surface area contributed by atoms with Crippen LogP contribution in [0.5, 0.6) is 17.2 Å². The Morgan fingerprint density at radius 1 is 1.18 bits per heavy atom. The van der Waals surface area contributed by atoms with Crippen molar-refractivity contribution in [1.82, 2.24) is 4.57 Å². The fraction of sp³-hybridized carbons (Fsp3) is 0.238. The first-order valence-corrected chi connectivity index (χ1v) is 9.44. The van der Waals surface area contributed by atoms with Crippen molar-refractivity contribution in [2.45, 2.75) is 13.5 Å². The average molecular weight is 396 g/mol. The van der Waals surface area contributed by atoms with E-state index >= 15 is 0 Å². The van der Waals surface area contributed by atoms with Crippen LogP contribution in [0.15, 0.2) is 41.4 Å². The quantitative estimate of drug-likeness (QED) is 0.599. The van der Waals surface area contributed by atoms with Crippen LogP contribution in [-0.4, -0.2) is 31.3 Å². The summed E-state index contributed by atoms with van der Waals surface area (Å²) in [6, 6.07) is 10.7. The number of carbonyl (C=O) groups is 1. The van der Waals surface area contributed by atoms with Gasteiger partial charge in [-0.05, 0) is 37.3 Å². The normalized spacial score (nSPS) is 11.3. The van der Waals surface area contributed by atoms with Gasteiger partial charge in [-0.15, -0.1) is 6.42 Å². The van der Waals surface area contributed by atoms with Crippen LogP contribution in [0.2, 0.25) is 0 Å². The second kappa shape index (κ2) is 8.63. The number of rotatable bonds is 6. The minimum Gasteiger partial charge on any atom is -0.493 e. The molecule has 2 aromatic carbocycles. The van der Waals surface area contributed by atoms with Gasteiger partial charge in [-0.1, -0.05) is 23.3 Å². The molecule has 0 aliphatic carbocycles. The number of ether oxygens (including phenoxy) is 3. The minimum absolute atomic E-state index is 0.280. The predicted molar refractivity (Wildman–Crippen MR) is 109 cm³/mol. The minimum atomic E-state index is -0.392. The molecule has 0 fully saturated rings. The Bertz CT molecular complexity index is 1120. The summed E-state index contributed by atoms with van der Waals surface area (Å²) in [6.45, 7) is 2.73. The molecule has 0 bridgehead atoms. The van der Waals surface area contributed by atoms with Gasteiger partial charge in [-0.25, -0.2) is 0 Å². The van der Waals surface area contributed by atoms with Gasteiger partial charge in [-0.3, -0.25) is 4.79 Å². The lowest BCUT2D eigenvalue weighted by Gasteiger charge is -2.08. The highest BCUT2D eigenvalue weighted by molar-refractivity contribution is 7.16. The van der Waals surface area contributed by atoms with E-state index in [1.165, 1.54) is 18.4 Å². The fourth-order valence-electron chi connectivity index (χ4n) is 2.81. The highest BCUT2D eigenvalue weighted by atomic mass is 32.1. The number of nitrogens with zero attached hydrogens (tertiary/aromatic N) is 2. The van der Waals surface area contributed by atoms with Crippen molar-refractivity contribution in [2.24, 2.45) is 4.99 Å². The number of thiazole rings is 1. The van der Waals surface area contributed by atoms with E-state index in [0.717, 1.165) is 10.2 Å². The van der Waals surface area contributed by atoms with Crippen molar-refractivity contribution < 1.29 is 19.0 Å². The number of methoxy groups -OCH3 is 2. The number of benzene rings is 2. The number of hydrogen-bond acceptors (Lipinski definition) is 5. The molecular weight excluding hydrogens is 376 g/mol. The first kappa shape index (κ1) is 19.5. The van der Waals surface area contributed by atoms with E-state index in [2.05, 4.69) is 10.9 Å². The lowest BCUT2D eigenvalue weighted by molar-refractivity contribution is 0.0997. The SMILES string of the molecule is C#CCn1c(=NC(=O)c2ccc(OC)c(OC)c2)sc2cccc(OCC)c21. The molecule has 28 heavy (non-hydrogen) atoms. The number of amides is 1. The molecule has 3 rings (SSSR count). The van der Waals surface area contributed by atoms with Gasteiger partial charge >= 0.3 is 0 Å². The molecular formula is C21H20N2O4S. The highest BCUT2D eigenvalue weighted by Crippen LogP contribution is 2.29. The maximum absolute atomic E-state index is 12.8. The molecule has 3 aromatic rings. The van der Waals surface area contributed by atoms with Crippen LogP contribution in [0.4, 0.5) is 0 Å². The van der Waals surface area contributed by atoms with E-state index < -0.39 is 5.91 Å². The first-order valence-electron chi connectivity index (χ1n) is 8.62. The smallest absolute Gasteiger partial charge is 0.279 e. The van der Waals surface area contributed by atoms with Gasteiger partial charge < -0.3 is 18.8 Å². The number of carbonyl (C=O) groups excluding carboxylic acids is 1. The third-order valence-corrected chi connectivity index (χ3v) is 5.08. The lowest BCUT2D eigenvalue weighted by Crippen LogP contribution is -2.17. The summed E-state index contributed by atoms with van der Waals surface area (Å²) in [5, 5.41) is 0. The first-order chi connectivity index (χ1) is 13.6. The van der Waals surface area contributed by atoms with E-state index in [9.17, 15) is 4.79 Å². The third-order valence-electron chi connectivity index (χ3n) is 4.04. The van der Waals surface area contributed by atoms with Gasteiger partial charge in [0.25, 0.3) is 5.91 Å². The van der Waals surface area contributed by atoms with E-state index in [0.29, 0.717) is 34.2 Å². The molecule has 1 heterocycles. The van der Waals surface area contributed by atoms with E-state index in [1.807, 2.05) is 29.7 Å². The molecule has 1 amide bonds. The largest absolute Gasteiger partial charge is 0.493 e. The molecule has 144 valence electrons. The fourth-order valence-corrected chi connectivity index (χ4v) is 3.86. The number of terminal acetylenes is 1. The third kappa shape index (κ3) is 3.73. The van der Waals surface area contributed by atoms with Gasteiger partial charge in [-0.2, -0.15) is 4.99 Å². The monoisotopic (exact) mass is 396 g/mol. The summed E-state index contributed by atoms with van der Waals surface area (Å²) in [7, 11) is 3.06. The van der Waals surface area contributed by atoms with Crippen molar-refractivity contribution >= 4 is 27.5 Å². The zero-order valence-electron chi connectivity index (χ0n) is 15.9. The zero-order chi connectivity index (χ0) is 20.1. The second-order valence-electron chi connectivity index (χ2n) is 5.70. The molecule has 0 aliphatic heterocycles. The molecule has 0 aliphatic rings. The Balaban J connectivity index is 2.13. The van der Waals surface area contributed by atoms with Gasteiger partial charge in [0.2, 0.25) is 0 Å². The van der Waals surface area contributed by atoms with Crippen molar-refractivity contribution in [1.29, 1.82) is 0 Å². The molecule has 0 radical (unpaired) electrons. The van der Waals surface area contributed by atoms with Gasteiger partial charge in [0.1, 0.15) is 11.3 Å². The maximum atomic E-state index is 12.8. The molecule has 0 N–H and O–H groups in total. The van der Waals surface area contributed by atoms with E-state index in [-0.39, 0.29) is 6.54 Å². The van der Waals surface area contributed by atoms with E-state index in [1.54, 1.807) is 25.3 Å². The van der Waals surface area contributed by atoms with Gasteiger partial charge in [0.05, 0.1) is 32.1 Å². The summed E-state index contributed by atoms with van der Waals surface area (Å²) in [5.41, 5.74) is 1.23. The van der Waals surface area contributed by atoms with Gasteiger partial charge in [0, 0.05) is 5.56 Å². The molecule has 0 unspecified atom stereocenters. The van der Waals surface area contributed by atoms with Crippen LogP contribution in [0.3, 0.4) is 0 Å². The molecule has 0 spiro atoms. The van der Waals surface area contributed by atoms with Crippen LogP contribution in [0, 0.1) is 12.3 Å². The number of hydrogen-bond donors (Lipinski definition) is 0. The summed E-state index contributed by atoms with van der Waals surface area (Å²) in [4.78, 5) is 17.6. The molecule has 0 saturated heterocycles. The molecule has 6 nitrogen and oxygen atoms in total. The van der Waals surface area contributed by atoms with Crippen molar-refractivity contribution in [2.75, 3.05) is 20.8 Å². The lowest BCUT2D eigenvalue weighted by atomic mass is 10.2. The summed E-state index contributed by atoms with van der Waals surface area (Å²) in [5.74, 6) is 3.96. The van der Waals surface area contributed by atoms with Crippen molar-refractivity contribution in [3.63, 3.8) is 0 Å². The van der Waals surface area contributed by atoms with Crippen molar-refractivity contribution in [3.05, 3.63) is 46.8 Å². The molecule has 7 heteroatoms. The van der Waals surface area contributed by atoms with Crippen LogP contribution in [0.1, 0.15) is 17.3 Å². The summed E-state index contributed by atoms with van der Waals surface area (Å²) >= 11 is 1.39. The highest BCUT2D eigenvalue weighted by Gasteiger charge is 2.14. The van der Waals surface area contributed by atoms with Gasteiger partial charge in [0.15, 0.2) is 16.3 Å². The van der Waals surface area contributed by atoms with E-state index in [4.69, 9.17) is 20.6 Å². The van der Waals surface area contributed by atoms with Crippen LogP contribution in [0.25, 0.3) is 10.2 Å². The number of aromatic nitrogens is 1. The van der Waals surface area contributed by atoms with Crippen LogP contribution >= 0.6 is 11.3 Å².